The van der Waals surface area contributed by atoms with Crippen molar-refractivity contribution in [3.05, 3.63) is 59.6 Å². The summed E-state index contributed by atoms with van der Waals surface area (Å²) in [6, 6.07) is 15.9. The summed E-state index contributed by atoms with van der Waals surface area (Å²) in [7, 11) is -3.08. The maximum Gasteiger partial charge on any atom is 0.246 e. The summed E-state index contributed by atoms with van der Waals surface area (Å²) in [6.07, 6.45) is 0.462. The van der Waals surface area contributed by atoms with Crippen LogP contribution in [0.1, 0.15) is 6.42 Å². The van der Waals surface area contributed by atoms with Gasteiger partial charge < -0.3 is 10.2 Å². The number of nitrogens with zero attached hydrogens (tertiary/aromatic N) is 1. The Kier molecular flexibility index (Phi) is 5.30. The molecule has 25 heavy (non-hydrogen) atoms. The second-order valence-corrected chi connectivity index (χ2v) is 8.68. The van der Waals surface area contributed by atoms with E-state index in [1.165, 1.54) is 0 Å². The zero-order valence-electron chi connectivity index (χ0n) is 13.6. The number of hydrogen-bond acceptors (Lipinski definition) is 4. The van der Waals surface area contributed by atoms with E-state index >= 15 is 0 Å². The third-order valence-corrected chi connectivity index (χ3v) is 6.17. The Morgan fingerprint density at radius 1 is 1.12 bits per heavy atom. The van der Waals surface area contributed by atoms with Crippen molar-refractivity contribution in [2.24, 2.45) is 0 Å². The predicted molar refractivity (Wildman–Crippen MR) is 101 cm³/mol. The normalized spacial score (nSPS) is 18.7. The van der Waals surface area contributed by atoms with Crippen LogP contribution in [-0.2, 0) is 14.6 Å². The standard InChI is InChI=1S/C18H19ClN2O3S/c19-14-6-8-15(9-7-14)20-12-18(22)21(16-4-2-1-3-5-16)17-10-11-25(23,24)13-17/h1-9,17,20H,10-13H2. The van der Waals surface area contributed by atoms with Crippen LogP contribution >= 0.6 is 11.6 Å². The molecule has 2 aromatic rings. The van der Waals surface area contributed by atoms with Crippen LogP contribution in [0.5, 0.6) is 0 Å². The molecule has 0 saturated carbocycles. The Balaban J connectivity index is 1.76. The summed E-state index contributed by atoms with van der Waals surface area (Å²) < 4.78 is 23.7. The number of para-hydroxylation sites is 1. The van der Waals surface area contributed by atoms with Crippen molar-refractivity contribution in [2.45, 2.75) is 12.5 Å². The Morgan fingerprint density at radius 3 is 2.40 bits per heavy atom. The number of sulfone groups is 1. The molecule has 1 N–H and O–H groups in total. The number of nitrogens with one attached hydrogen (secondary N) is 1. The maximum absolute atomic E-state index is 12.8. The van der Waals surface area contributed by atoms with Crippen LogP contribution in [0, 0.1) is 0 Å². The van der Waals surface area contributed by atoms with Gasteiger partial charge in [0.1, 0.15) is 0 Å². The van der Waals surface area contributed by atoms with Gasteiger partial charge in [0.05, 0.1) is 24.1 Å². The zero-order valence-corrected chi connectivity index (χ0v) is 15.1. The monoisotopic (exact) mass is 378 g/mol. The van der Waals surface area contributed by atoms with Gasteiger partial charge in [-0.25, -0.2) is 8.42 Å². The Bertz CT molecular complexity index is 838. The summed E-state index contributed by atoms with van der Waals surface area (Å²) in [4.78, 5) is 14.4. The van der Waals surface area contributed by atoms with Crippen molar-refractivity contribution in [1.29, 1.82) is 0 Å². The first kappa shape index (κ1) is 17.8. The minimum Gasteiger partial charge on any atom is -0.376 e. The van der Waals surface area contributed by atoms with E-state index in [1.54, 1.807) is 29.2 Å². The summed E-state index contributed by atoms with van der Waals surface area (Å²) >= 11 is 5.86. The fourth-order valence-electron chi connectivity index (χ4n) is 2.96. The quantitative estimate of drug-likeness (QED) is 0.868. The molecule has 0 bridgehead atoms. The van der Waals surface area contributed by atoms with Gasteiger partial charge in [0.2, 0.25) is 5.91 Å². The van der Waals surface area contributed by atoms with Gasteiger partial charge in [-0.3, -0.25) is 4.79 Å². The third-order valence-electron chi connectivity index (χ3n) is 4.16. The molecule has 7 heteroatoms. The molecule has 1 aliphatic rings. The SMILES string of the molecule is O=C(CNc1ccc(Cl)cc1)N(c1ccccc1)C1CCS(=O)(=O)C1. The molecule has 0 aliphatic carbocycles. The number of carbonyl (C=O) groups is 1. The molecule has 1 aliphatic heterocycles. The minimum absolute atomic E-state index is 0.00851. The molecule has 2 aromatic carbocycles. The van der Waals surface area contributed by atoms with Gasteiger partial charge >= 0.3 is 0 Å². The number of benzene rings is 2. The first-order valence-corrected chi connectivity index (χ1v) is 10.2. The number of rotatable bonds is 5. The predicted octanol–water partition coefficient (Wildman–Crippen LogP) is 2.97. The molecular formula is C18H19ClN2O3S. The molecule has 0 aromatic heterocycles. The Hall–Kier alpha value is -2.05. The molecule has 0 radical (unpaired) electrons. The van der Waals surface area contributed by atoms with E-state index in [0.29, 0.717) is 17.1 Å². The highest BCUT2D eigenvalue weighted by atomic mass is 35.5. The zero-order chi connectivity index (χ0) is 17.9. The van der Waals surface area contributed by atoms with Crippen LogP contribution in [-0.4, -0.2) is 38.4 Å². The van der Waals surface area contributed by atoms with E-state index in [-0.39, 0.29) is 30.0 Å². The van der Waals surface area contributed by atoms with Gasteiger partial charge in [-0.05, 0) is 42.8 Å². The lowest BCUT2D eigenvalue weighted by atomic mass is 10.1. The van der Waals surface area contributed by atoms with Crippen molar-refractivity contribution in [1.82, 2.24) is 0 Å². The van der Waals surface area contributed by atoms with E-state index in [2.05, 4.69) is 5.32 Å². The minimum atomic E-state index is -3.08. The first-order valence-electron chi connectivity index (χ1n) is 8.01. The second-order valence-electron chi connectivity index (χ2n) is 6.02. The van der Waals surface area contributed by atoms with Crippen molar-refractivity contribution < 1.29 is 13.2 Å². The summed E-state index contributed by atoms with van der Waals surface area (Å²) in [6.45, 7) is 0.0765. The first-order chi connectivity index (χ1) is 11.9. The number of carbonyl (C=O) groups excluding carboxylic acids is 1. The lowest BCUT2D eigenvalue weighted by Crippen LogP contribution is -2.44. The van der Waals surface area contributed by atoms with Crippen LogP contribution < -0.4 is 10.2 Å². The van der Waals surface area contributed by atoms with Crippen LogP contribution in [0.25, 0.3) is 0 Å². The third kappa shape index (κ3) is 4.52. The lowest BCUT2D eigenvalue weighted by Gasteiger charge is -2.28. The lowest BCUT2D eigenvalue weighted by molar-refractivity contribution is -0.117. The van der Waals surface area contributed by atoms with Gasteiger partial charge in [0.15, 0.2) is 9.84 Å². The largest absolute Gasteiger partial charge is 0.376 e. The molecule has 1 fully saturated rings. The topological polar surface area (TPSA) is 66.5 Å². The van der Waals surface area contributed by atoms with E-state index in [9.17, 15) is 13.2 Å². The van der Waals surface area contributed by atoms with E-state index in [0.717, 1.165) is 5.69 Å². The average molecular weight is 379 g/mol. The molecule has 5 nitrogen and oxygen atoms in total. The second kappa shape index (κ2) is 7.45. The van der Waals surface area contributed by atoms with Gasteiger partial charge in [-0.1, -0.05) is 29.8 Å². The van der Waals surface area contributed by atoms with E-state index < -0.39 is 9.84 Å². The van der Waals surface area contributed by atoms with Crippen LogP contribution in [0.2, 0.25) is 5.02 Å². The molecule has 1 atom stereocenters. The summed E-state index contributed by atoms with van der Waals surface area (Å²) in [5.41, 5.74) is 1.50. The van der Waals surface area contributed by atoms with Gasteiger partial charge in [-0.2, -0.15) is 0 Å². The molecule has 1 saturated heterocycles. The Morgan fingerprint density at radius 2 is 1.80 bits per heavy atom. The fourth-order valence-corrected chi connectivity index (χ4v) is 4.78. The van der Waals surface area contributed by atoms with Crippen LogP contribution in [0.15, 0.2) is 54.6 Å². The van der Waals surface area contributed by atoms with Crippen LogP contribution in [0.4, 0.5) is 11.4 Å². The highest BCUT2D eigenvalue weighted by Crippen LogP contribution is 2.24. The summed E-state index contributed by atoms with van der Waals surface area (Å²) in [5, 5.41) is 3.69. The van der Waals surface area contributed by atoms with Crippen LogP contribution in [0.3, 0.4) is 0 Å². The van der Waals surface area contributed by atoms with Crippen molar-refractivity contribution in [2.75, 3.05) is 28.3 Å². The van der Waals surface area contributed by atoms with Gasteiger partial charge in [0.25, 0.3) is 0 Å². The number of hydrogen-bond donors (Lipinski definition) is 1. The average Bonchev–Trinajstić information content (AvgIpc) is 2.95. The highest BCUT2D eigenvalue weighted by Gasteiger charge is 2.35. The van der Waals surface area contributed by atoms with Gasteiger partial charge in [-0.15, -0.1) is 0 Å². The maximum atomic E-state index is 12.8. The van der Waals surface area contributed by atoms with Crippen molar-refractivity contribution in [3.8, 4) is 0 Å². The molecule has 0 spiro atoms. The van der Waals surface area contributed by atoms with Crippen molar-refractivity contribution in [3.63, 3.8) is 0 Å². The fraction of sp³-hybridized carbons (Fsp3) is 0.278. The molecule has 1 heterocycles. The summed E-state index contributed by atoms with van der Waals surface area (Å²) in [5.74, 6) is -0.0312. The molecule has 132 valence electrons. The number of halogens is 1. The smallest absolute Gasteiger partial charge is 0.246 e. The van der Waals surface area contributed by atoms with E-state index in [4.69, 9.17) is 11.6 Å². The van der Waals surface area contributed by atoms with E-state index in [1.807, 2.05) is 30.3 Å². The molecular weight excluding hydrogens is 360 g/mol. The molecule has 1 amide bonds. The Labute approximate surface area is 152 Å². The molecule has 1 unspecified atom stereocenters. The van der Waals surface area contributed by atoms with Gasteiger partial charge in [0, 0.05) is 16.4 Å². The molecule has 3 rings (SSSR count). The number of amides is 1. The number of anilines is 2. The van der Waals surface area contributed by atoms with Crippen molar-refractivity contribution >= 4 is 38.7 Å². The highest BCUT2D eigenvalue weighted by molar-refractivity contribution is 7.91.